The zero-order valence-corrected chi connectivity index (χ0v) is 14.3. The average molecular weight is 325 g/mol. The second kappa shape index (κ2) is 11.5. The minimum absolute atomic E-state index is 0.0500. The largest absolute Gasteiger partial charge is 0.492 e. The molecule has 0 rings (SSSR count). The van der Waals surface area contributed by atoms with Gasteiger partial charge in [-0.05, 0) is 19.3 Å². The molecule has 0 aliphatic carbocycles. The van der Waals surface area contributed by atoms with E-state index in [1.165, 1.54) is 0 Å². The molecule has 0 amide bonds. The second-order valence-corrected chi connectivity index (χ2v) is 7.90. The summed E-state index contributed by atoms with van der Waals surface area (Å²) in [4.78, 5) is 26.4. The second-order valence-electron chi connectivity index (χ2n) is 5.85. The van der Waals surface area contributed by atoms with Gasteiger partial charge >= 0.3 is 8.80 Å². The Hall–Kier alpha value is -0.0631. The molecule has 0 aromatic carbocycles. The Morgan fingerprint density at radius 2 is 1.67 bits per heavy atom. The van der Waals surface area contributed by atoms with Crippen molar-refractivity contribution in [3.8, 4) is 0 Å². The van der Waals surface area contributed by atoms with Crippen LogP contribution in [-0.4, -0.2) is 73.4 Å². The number of nitrogens with one attached hydrogen (secondary N) is 1. The van der Waals surface area contributed by atoms with Crippen molar-refractivity contribution >= 4 is 8.80 Å². The Bertz CT molecular complexity index is 249. The van der Waals surface area contributed by atoms with Gasteiger partial charge in [-0.15, -0.1) is 0 Å². The van der Waals surface area contributed by atoms with E-state index in [2.05, 4.69) is 19.2 Å². The molecule has 0 spiro atoms. The Balaban J connectivity index is 3.46. The first-order chi connectivity index (χ1) is 9.70. The SMILES string of the molecule is CC(C)COCC(C)NCC(O)COCCC[Si](O)(O)O. The standard InChI is InChI=1S/C13H31NO6Si/c1-11(2)8-20-9-12(3)14-7-13(15)10-19-5-4-6-21(16,17)18/h11-18H,4-10H2,1-3H3. The lowest BCUT2D eigenvalue weighted by molar-refractivity contribution is 0.0316. The maximum absolute atomic E-state index is 9.70. The van der Waals surface area contributed by atoms with Crippen LogP contribution in [0, 0.1) is 5.92 Å². The Kier molecular flexibility index (Phi) is 11.5. The van der Waals surface area contributed by atoms with Gasteiger partial charge in [0.25, 0.3) is 0 Å². The summed E-state index contributed by atoms with van der Waals surface area (Å²) < 4.78 is 10.7. The van der Waals surface area contributed by atoms with Crippen LogP contribution >= 0.6 is 0 Å². The number of hydrogen-bond donors (Lipinski definition) is 5. The Morgan fingerprint density at radius 3 is 2.24 bits per heavy atom. The van der Waals surface area contributed by atoms with Gasteiger partial charge in [0.2, 0.25) is 0 Å². The molecule has 0 fully saturated rings. The predicted octanol–water partition coefficient (Wildman–Crippen LogP) is -0.679. The number of hydrogen-bond acceptors (Lipinski definition) is 7. The minimum Gasteiger partial charge on any atom is -0.390 e. The van der Waals surface area contributed by atoms with E-state index in [4.69, 9.17) is 23.9 Å². The van der Waals surface area contributed by atoms with Crippen molar-refractivity contribution < 1.29 is 29.0 Å². The molecule has 0 heterocycles. The summed E-state index contributed by atoms with van der Waals surface area (Å²) in [6.07, 6.45) is -0.271. The average Bonchev–Trinajstić information content (AvgIpc) is 2.34. The number of aliphatic hydroxyl groups is 1. The van der Waals surface area contributed by atoms with E-state index in [0.29, 0.717) is 25.5 Å². The highest BCUT2D eigenvalue weighted by Crippen LogP contribution is 2.01. The van der Waals surface area contributed by atoms with Crippen LogP contribution in [0.1, 0.15) is 27.2 Å². The van der Waals surface area contributed by atoms with Crippen LogP contribution in [0.3, 0.4) is 0 Å². The van der Waals surface area contributed by atoms with Crippen LogP contribution in [0.15, 0.2) is 0 Å². The van der Waals surface area contributed by atoms with Gasteiger partial charge in [-0.1, -0.05) is 13.8 Å². The lowest BCUT2D eigenvalue weighted by atomic mass is 10.2. The molecule has 8 heteroatoms. The van der Waals surface area contributed by atoms with E-state index >= 15 is 0 Å². The summed E-state index contributed by atoms with van der Waals surface area (Å²) in [6, 6.07) is 0.106. The first-order valence-corrected chi connectivity index (χ1v) is 9.49. The highest BCUT2D eigenvalue weighted by molar-refractivity contribution is 6.56. The van der Waals surface area contributed by atoms with Crippen molar-refractivity contribution in [2.24, 2.45) is 5.92 Å². The third kappa shape index (κ3) is 16.1. The zero-order chi connectivity index (χ0) is 16.3. The molecule has 7 nitrogen and oxygen atoms in total. The van der Waals surface area contributed by atoms with Gasteiger partial charge in [-0.3, -0.25) is 0 Å². The number of ether oxygens (including phenoxy) is 2. The Morgan fingerprint density at radius 1 is 1.00 bits per heavy atom. The monoisotopic (exact) mass is 325 g/mol. The summed E-state index contributed by atoms with van der Waals surface area (Å²) in [5.41, 5.74) is 0. The lowest BCUT2D eigenvalue weighted by Crippen LogP contribution is -2.38. The topological polar surface area (TPSA) is 111 Å². The third-order valence-electron chi connectivity index (χ3n) is 2.63. The minimum atomic E-state index is -3.95. The normalized spacial score (nSPS) is 15.4. The van der Waals surface area contributed by atoms with Crippen molar-refractivity contribution in [2.45, 2.75) is 45.4 Å². The summed E-state index contributed by atoms with van der Waals surface area (Å²) in [5.74, 6) is 0.509. The van der Waals surface area contributed by atoms with Crippen LogP contribution < -0.4 is 5.32 Å². The van der Waals surface area contributed by atoms with E-state index in [1.807, 2.05) is 6.92 Å². The summed E-state index contributed by atoms with van der Waals surface area (Å²) in [5, 5.41) is 12.9. The zero-order valence-electron chi connectivity index (χ0n) is 13.3. The molecule has 21 heavy (non-hydrogen) atoms. The fourth-order valence-electron chi connectivity index (χ4n) is 1.57. The van der Waals surface area contributed by atoms with Crippen LogP contribution in [0.2, 0.25) is 6.04 Å². The maximum Gasteiger partial charge on any atom is 0.492 e. The fourth-order valence-corrected chi connectivity index (χ4v) is 2.19. The van der Waals surface area contributed by atoms with Crippen LogP contribution in [-0.2, 0) is 9.47 Å². The van der Waals surface area contributed by atoms with Gasteiger partial charge in [-0.2, -0.15) is 0 Å². The maximum atomic E-state index is 9.70. The summed E-state index contributed by atoms with van der Waals surface area (Å²) >= 11 is 0. The van der Waals surface area contributed by atoms with Gasteiger partial charge in [-0.25, -0.2) is 0 Å². The fraction of sp³-hybridized carbons (Fsp3) is 1.00. The van der Waals surface area contributed by atoms with Gasteiger partial charge in [0.05, 0.1) is 19.3 Å². The van der Waals surface area contributed by atoms with Crippen molar-refractivity contribution in [3.05, 3.63) is 0 Å². The molecule has 0 aliphatic heterocycles. The highest BCUT2D eigenvalue weighted by Gasteiger charge is 2.25. The number of aliphatic hydroxyl groups excluding tert-OH is 1. The summed E-state index contributed by atoms with van der Waals surface area (Å²) in [7, 11) is -3.95. The van der Waals surface area contributed by atoms with Gasteiger partial charge in [0.15, 0.2) is 0 Å². The molecular formula is C13H31NO6Si. The molecule has 2 atom stereocenters. The quantitative estimate of drug-likeness (QED) is 0.225. The van der Waals surface area contributed by atoms with Crippen molar-refractivity contribution in [2.75, 3.05) is 33.0 Å². The predicted molar refractivity (Wildman–Crippen MR) is 81.8 cm³/mol. The molecule has 128 valence electrons. The van der Waals surface area contributed by atoms with E-state index in [9.17, 15) is 5.11 Å². The molecule has 5 N–H and O–H groups in total. The van der Waals surface area contributed by atoms with E-state index in [-0.39, 0.29) is 25.3 Å². The van der Waals surface area contributed by atoms with E-state index in [1.54, 1.807) is 0 Å². The first-order valence-electron chi connectivity index (χ1n) is 7.44. The smallest absolute Gasteiger partial charge is 0.390 e. The van der Waals surface area contributed by atoms with E-state index < -0.39 is 14.9 Å². The third-order valence-corrected chi connectivity index (χ3v) is 3.66. The first kappa shape index (κ1) is 20.9. The molecular weight excluding hydrogens is 294 g/mol. The van der Waals surface area contributed by atoms with Gasteiger partial charge in [0, 0.05) is 31.8 Å². The van der Waals surface area contributed by atoms with Crippen molar-refractivity contribution in [3.63, 3.8) is 0 Å². The molecule has 0 aromatic rings. The van der Waals surface area contributed by atoms with Gasteiger partial charge in [0.1, 0.15) is 0 Å². The highest BCUT2D eigenvalue weighted by atomic mass is 28.4. The van der Waals surface area contributed by atoms with Crippen LogP contribution in [0.5, 0.6) is 0 Å². The molecule has 0 aromatic heterocycles. The molecule has 0 saturated heterocycles. The number of rotatable bonds is 13. The van der Waals surface area contributed by atoms with Gasteiger partial charge < -0.3 is 34.3 Å². The molecule has 0 radical (unpaired) electrons. The van der Waals surface area contributed by atoms with Crippen molar-refractivity contribution in [1.82, 2.24) is 5.32 Å². The molecule has 0 saturated carbocycles. The van der Waals surface area contributed by atoms with Crippen molar-refractivity contribution in [1.29, 1.82) is 0 Å². The van der Waals surface area contributed by atoms with E-state index in [0.717, 1.165) is 6.61 Å². The molecule has 0 aliphatic rings. The van der Waals surface area contributed by atoms with Crippen LogP contribution in [0.4, 0.5) is 0 Å². The lowest BCUT2D eigenvalue weighted by Gasteiger charge is -2.18. The molecule has 0 bridgehead atoms. The molecule has 2 unspecified atom stereocenters. The van der Waals surface area contributed by atoms with Crippen LogP contribution in [0.25, 0.3) is 0 Å². The Labute approximate surface area is 128 Å². The summed E-state index contributed by atoms with van der Waals surface area (Å²) in [6.45, 7) is 8.36.